The van der Waals surface area contributed by atoms with Crippen LogP contribution in [0.5, 0.6) is 5.75 Å². The lowest BCUT2D eigenvalue weighted by Crippen LogP contribution is -2.04. The summed E-state index contributed by atoms with van der Waals surface area (Å²) in [5.74, 6) is 0.835. The van der Waals surface area contributed by atoms with Crippen LogP contribution in [0.4, 0.5) is 0 Å². The molecule has 0 aliphatic carbocycles. The van der Waals surface area contributed by atoms with Gasteiger partial charge in [-0.25, -0.2) is 4.98 Å². The number of ether oxygens (including phenoxy) is 1. The summed E-state index contributed by atoms with van der Waals surface area (Å²) in [5, 5.41) is 1.13. The number of aromatic nitrogens is 1. The Bertz CT molecular complexity index is 1440. The molecule has 0 radical (unpaired) electrons. The van der Waals surface area contributed by atoms with E-state index in [2.05, 4.69) is 85.8 Å². The highest BCUT2D eigenvalue weighted by Gasteiger charge is 2.08. The third kappa shape index (κ3) is 4.74. The maximum atomic E-state index is 5.34. The van der Waals surface area contributed by atoms with Crippen LogP contribution >= 0.6 is 0 Å². The van der Waals surface area contributed by atoms with Gasteiger partial charge in [0.05, 0.1) is 30.6 Å². The van der Waals surface area contributed by atoms with Crippen molar-refractivity contribution in [3.8, 4) is 17.0 Å². The van der Waals surface area contributed by atoms with Crippen molar-refractivity contribution >= 4 is 16.6 Å². The summed E-state index contributed by atoms with van der Waals surface area (Å²) in [5.41, 5.74) is 8.57. The van der Waals surface area contributed by atoms with E-state index in [1.165, 1.54) is 5.56 Å². The molecule has 0 unspecified atom stereocenters. The van der Waals surface area contributed by atoms with Crippen molar-refractivity contribution in [1.29, 1.82) is 0 Å². The van der Waals surface area contributed by atoms with Crippen LogP contribution in [0, 0.1) is 6.92 Å². The van der Waals surface area contributed by atoms with E-state index in [-0.39, 0.29) is 0 Å². The van der Waals surface area contributed by atoms with E-state index in [0.29, 0.717) is 6.54 Å². The lowest BCUT2D eigenvalue weighted by atomic mass is 10.0. The van der Waals surface area contributed by atoms with Crippen molar-refractivity contribution in [2.24, 2.45) is 4.99 Å². The Kier molecular flexibility index (Phi) is 6.17. The van der Waals surface area contributed by atoms with Gasteiger partial charge in [-0.15, -0.1) is 0 Å². The Balaban J connectivity index is 1.50. The van der Waals surface area contributed by atoms with Crippen molar-refractivity contribution in [2.75, 3.05) is 7.11 Å². The van der Waals surface area contributed by atoms with Crippen molar-refractivity contribution < 1.29 is 4.74 Å². The minimum absolute atomic E-state index is 0.572. The van der Waals surface area contributed by atoms with Crippen LogP contribution in [-0.4, -0.2) is 17.8 Å². The molecule has 1 aromatic heterocycles. The number of pyridine rings is 1. The van der Waals surface area contributed by atoms with Gasteiger partial charge in [-0.05, 0) is 48.9 Å². The first kappa shape index (κ1) is 21.6. The molecule has 0 aliphatic heterocycles. The van der Waals surface area contributed by atoms with E-state index in [1.54, 1.807) is 7.11 Å². The van der Waals surface area contributed by atoms with Crippen molar-refractivity contribution in [3.63, 3.8) is 0 Å². The molecular formula is C31H26N2O. The van der Waals surface area contributed by atoms with E-state index in [1.807, 2.05) is 30.3 Å². The number of hydrogen-bond acceptors (Lipinski definition) is 3. The summed E-state index contributed by atoms with van der Waals surface area (Å²) in [6.45, 7) is 2.67. The van der Waals surface area contributed by atoms with Gasteiger partial charge in [-0.2, -0.15) is 0 Å². The molecule has 0 saturated heterocycles. The zero-order valence-electron chi connectivity index (χ0n) is 19.4. The molecule has 5 aromatic rings. The molecule has 0 atom stereocenters. The zero-order chi connectivity index (χ0) is 23.3. The zero-order valence-corrected chi connectivity index (χ0v) is 19.4. The minimum Gasteiger partial charge on any atom is -0.497 e. The van der Waals surface area contributed by atoms with Gasteiger partial charge in [0.1, 0.15) is 5.75 Å². The predicted octanol–water partition coefficient (Wildman–Crippen LogP) is 7.26. The Morgan fingerprint density at radius 1 is 0.765 bits per heavy atom. The maximum absolute atomic E-state index is 5.34. The van der Waals surface area contributed by atoms with E-state index in [4.69, 9.17) is 14.7 Å². The summed E-state index contributed by atoms with van der Waals surface area (Å²) < 4.78 is 5.34. The third-order valence-corrected chi connectivity index (χ3v) is 5.93. The standard InChI is InChI=1S/C31H26N2O/c1-22-8-11-26(12-9-22)31(27-14-17-28(34-2)18-15-27)32-21-23-10-13-25-16-19-29(33-30(25)20-23)24-6-4-3-5-7-24/h3-20H,21H2,1-2H3/b32-31-. The van der Waals surface area contributed by atoms with Crippen LogP contribution in [0.15, 0.2) is 114 Å². The molecule has 0 saturated carbocycles. The fraction of sp³-hybridized carbons (Fsp3) is 0.0968. The topological polar surface area (TPSA) is 34.5 Å². The first-order chi connectivity index (χ1) is 16.7. The largest absolute Gasteiger partial charge is 0.497 e. The van der Waals surface area contributed by atoms with Crippen molar-refractivity contribution in [1.82, 2.24) is 4.98 Å². The summed E-state index contributed by atoms with van der Waals surface area (Å²) in [7, 11) is 1.68. The van der Waals surface area contributed by atoms with Gasteiger partial charge in [0, 0.05) is 22.1 Å². The number of aliphatic imine (C=N–C) groups is 1. The highest BCUT2D eigenvalue weighted by atomic mass is 16.5. The molecule has 0 aliphatic rings. The number of fused-ring (bicyclic) bond motifs is 1. The van der Waals surface area contributed by atoms with Crippen LogP contribution in [0.1, 0.15) is 22.3 Å². The molecule has 0 fully saturated rings. The molecule has 4 aromatic carbocycles. The summed E-state index contributed by atoms with van der Waals surface area (Å²) in [4.78, 5) is 9.97. The normalized spacial score (nSPS) is 11.5. The molecule has 5 rings (SSSR count). The number of rotatable bonds is 6. The van der Waals surface area contributed by atoms with E-state index in [9.17, 15) is 0 Å². The van der Waals surface area contributed by atoms with Crippen LogP contribution < -0.4 is 4.74 Å². The SMILES string of the molecule is COc1ccc(/C(=N\Cc2ccc3ccc(-c4ccccc4)nc3c2)c2ccc(C)cc2)cc1. The molecule has 0 spiro atoms. The second-order valence-electron chi connectivity index (χ2n) is 8.35. The average molecular weight is 443 g/mol. The van der Waals surface area contributed by atoms with Crippen molar-refractivity contribution in [3.05, 3.63) is 131 Å². The molecule has 0 amide bonds. The molecule has 34 heavy (non-hydrogen) atoms. The molecule has 3 heteroatoms. The van der Waals surface area contributed by atoms with Gasteiger partial charge in [-0.3, -0.25) is 4.99 Å². The number of aryl methyl sites for hydroxylation is 1. The van der Waals surface area contributed by atoms with Gasteiger partial charge < -0.3 is 4.74 Å². The lowest BCUT2D eigenvalue weighted by Gasteiger charge is -2.10. The predicted molar refractivity (Wildman–Crippen MR) is 141 cm³/mol. The first-order valence-corrected chi connectivity index (χ1v) is 11.4. The van der Waals surface area contributed by atoms with Crippen LogP contribution in [0.25, 0.3) is 22.2 Å². The molecule has 0 bridgehead atoms. The third-order valence-electron chi connectivity index (χ3n) is 5.93. The number of hydrogen-bond donors (Lipinski definition) is 0. The average Bonchev–Trinajstić information content (AvgIpc) is 2.90. The second-order valence-corrected chi connectivity index (χ2v) is 8.35. The number of methoxy groups -OCH3 is 1. The number of nitrogens with zero attached hydrogens (tertiary/aromatic N) is 2. The fourth-order valence-electron chi connectivity index (χ4n) is 4.01. The van der Waals surface area contributed by atoms with Crippen LogP contribution in [0.3, 0.4) is 0 Å². The highest BCUT2D eigenvalue weighted by Crippen LogP contribution is 2.23. The Morgan fingerprint density at radius 3 is 2.15 bits per heavy atom. The van der Waals surface area contributed by atoms with E-state index < -0.39 is 0 Å². The smallest absolute Gasteiger partial charge is 0.118 e. The maximum Gasteiger partial charge on any atom is 0.118 e. The van der Waals surface area contributed by atoms with Crippen molar-refractivity contribution in [2.45, 2.75) is 13.5 Å². The van der Waals surface area contributed by atoms with Gasteiger partial charge in [0.2, 0.25) is 0 Å². The molecule has 166 valence electrons. The van der Waals surface area contributed by atoms with E-state index in [0.717, 1.165) is 50.3 Å². The Labute approximate surface area is 200 Å². The summed E-state index contributed by atoms with van der Waals surface area (Å²) >= 11 is 0. The van der Waals surface area contributed by atoms with Gasteiger partial charge >= 0.3 is 0 Å². The van der Waals surface area contributed by atoms with Gasteiger partial charge in [0.25, 0.3) is 0 Å². The van der Waals surface area contributed by atoms with Gasteiger partial charge in [-0.1, -0.05) is 78.4 Å². The molecule has 1 heterocycles. The fourth-order valence-corrected chi connectivity index (χ4v) is 4.01. The number of benzene rings is 4. The second kappa shape index (κ2) is 9.72. The molecule has 0 N–H and O–H groups in total. The van der Waals surface area contributed by atoms with Crippen LogP contribution in [0.2, 0.25) is 0 Å². The highest BCUT2D eigenvalue weighted by molar-refractivity contribution is 6.13. The minimum atomic E-state index is 0.572. The monoisotopic (exact) mass is 442 g/mol. The molecule has 3 nitrogen and oxygen atoms in total. The first-order valence-electron chi connectivity index (χ1n) is 11.4. The lowest BCUT2D eigenvalue weighted by molar-refractivity contribution is 0.415. The van der Waals surface area contributed by atoms with Gasteiger partial charge in [0.15, 0.2) is 0 Å². The summed E-state index contributed by atoms with van der Waals surface area (Å²) in [6.07, 6.45) is 0. The summed E-state index contributed by atoms with van der Waals surface area (Å²) in [6, 6.07) is 37.5. The van der Waals surface area contributed by atoms with Crippen LogP contribution in [-0.2, 0) is 6.54 Å². The Hall–Kier alpha value is -4.24. The quantitative estimate of drug-likeness (QED) is 0.259. The van der Waals surface area contributed by atoms with E-state index >= 15 is 0 Å². The Morgan fingerprint density at radius 2 is 1.44 bits per heavy atom. The molecular weight excluding hydrogens is 416 g/mol.